The maximum absolute atomic E-state index is 6.58. The van der Waals surface area contributed by atoms with E-state index < -0.39 is 0 Å². The minimum atomic E-state index is 0.120. The Hall–Kier alpha value is -1.55. The zero-order valence-electron chi connectivity index (χ0n) is 6.79. The lowest BCUT2D eigenvalue weighted by Crippen LogP contribution is -1.97. The summed E-state index contributed by atoms with van der Waals surface area (Å²) < 4.78 is 0. The highest BCUT2D eigenvalue weighted by molar-refractivity contribution is 6.30. The van der Waals surface area contributed by atoms with Crippen LogP contribution < -0.4 is 11.1 Å². The number of nitrogens with zero attached hydrogens (tertiary/aromatic N) is 1. The van der Waals surface area contributed by atoms with Gasteiger partial charge in [-0.05, 0) is 24.3 Å². The number of nitrogens with two attached hydrogens (primary N) is 1. The Morgan fingerprint density at radius 3 is 2.62 bits per heavy atom. The van der Waals surface area contributed by atoms with E-state index in [0.717, 1.165) is 5.69 Å². The normalized spacial score (nSPS) is 11.0. The summed E-state index contributed by atoms with van der Waals surface area (Å²) in [6.45, 7) is 0. The van der Waals surface area contributed by atoms with E-state index in [1.165, 1.54) is 6.20 Å². The van der Waals surface area contributed by atoms with Crippen LogP contribution in [-0.2, 0) is 0 Å². The lowest BCUT2D eigenvalue weighted by Gasteiger charge is -1.99. The van der Waals surface area contributed by atoms with E-state index in [1.807, 2.05) is 0 Å². The first-order chi connectivity index (χ1) is 6.22. The van der Waals surface area contributed by atoms with Crippen molar-refractivity contribution in [3.05, 3.63) is 41.3 Å². The molecule has 0 bridgehead atoms. The quantitative estimate of drug-likeness (QED) is 0.650. The molecule has 0 saturated heterocycles. The summed E-state index contributed by atoms with van der Waals surface area (Å²) in [5.74, 6) is 0.120. The molecule has 0 fully saturated rings. The number of hydrogen-bond acceptors (Lipinski definition) is 4. The van der Waals surface area contributed by atoms with Crippen LogP contribution in [0.2, 0.25) is 5.02 Å². The molecule has 0 saturated carbocycles. The molecule has 1 aromatic carbocycles. The third-order valence-electron chi connectivity index (χ3n) is 1.36. The molecule has 68 valence electrons. The number of benzene rings is 1. The molecule has 4 nitrogen and oxygen atoms in total. The van der Waals surface area contributed by atoms with E-state index in [0.29, 0.717) is 5.02 Å². The van der Waals surface area contributed by atoms with Crippen molar-refractivity contribution in [3.63, 3.8) is 0 Å². The van der Waals surface area contributed by atoms with E-state index >= 15 is 0 Å². The van der Waals surface area contributed by atoms with Gasteiger partial charge in [-0.15, -0.1) is 5.11 Å². The first kappa shape index (κ1) is 9.54. The smallest absolute Gasteiger partial charge is 0.161 e. The van der Waals surface area contributed by atoms with Crippen molar-refractivity contribution in [3.8, 4) is 0 Å². The fourth-order valence-corrected chi connectivity index (χ4v) is 0.862. The predicted octanol–water partition coefficient (Wildman–Crippen LogP) is 2.54. The Morgan fingerprint density at radius 2 is 2.08 bits per heavy atom. The van der Waals surface area contributed by atoms with Crippen molar-refractivity contribution in [1.82, 2.24) is 0 Å². The number of rotatable bonds is 3. The highest BCUT2D eigenvalue weighted by atomic mass is 35.5. The lowest BCUT2D eigenvalue weighted by molar-refractivity contribution is 1.03. The minimum Gasteiger partial charge on any atom is -0.381 e. The zero-order valence-corrected chi connectivity index (χ0v) is 7.55. The van der Waals surface area contributed by atoms with Crippen molar-refractivity contribution in [1.29, 1.82) is 5.53 Å². The van der Waals surface area contributed by atoms with E-state index in [9.17, 15) is 0 Å². The van der Waals surface area contributed by atoms with Crippen molar-refractivity contribution >= 4 is 17.3 Å². The molecule has 0 radical (unpaired) electrons. The van der Waals surface area contributed by atoms with E-state index in [2.05, 4.69) is 10.4 Å². The van der Waals surface area contributed by atoms with Gasteiger partial charge in [0.2, 0.25) is 0 Å². The Bertz CT molecular complexity index is 317. The van der Waals surface area contributed by atoms with Gasteiger partial charge in [0.25, 0.3) is 0 Å². The van der Waals surface area contributed by atoms with Crippen molar-refractivity contribution in [2.75, 3.05) is 5.32 Å². The molecule has 0 aliphatic rings. The summed E-state index contributed by atoms with van der Waals surface area (Å²) in [6.07, 6.45) is 1.44. The molecule has 0 aromatic heterocycles. The molecule has 0 unspecified atom stereocenters. The Morgan fingerprint density at radius 1 is 1.46 bits per heavy atom. The van der Waals surface area contributed by atoms with Gasteiger partial charge in [-0.25, -0.2) is 5.53 Å². The molecular weight excluding hydrogens is 188 g/mol. The fourth-order valence-electron chi connectivity index (χ4n) is 0.736. The average molecular weight is 197 g/mol. The molecular formula is C8H9ClN4. The third-order valence-corrected chi connectivity index (χ3v) is 1.61. The molecule has 0 aliphatic heterocycles. The molecule has 4 N–H and O–H groups in total. The molecule has 13 heavy (non-hydrogen) atoms. The second kappa shape index (κ2) is 4.47. The van der Waals surface area contributed by atoms with Gasteiger partial charge >= 0.3 is 0 Å². The van der Waals surface area contributed by atoms with Crippen LogP contribution in [0.4, 0.5) is 5.69 Å². The van der Waals surface area contributed by atoms with Crippen LogP contribution in [0.5, 0.6) is 0 Å². The topological polar surface area (TPSA) is 74.3 Å². The summed E-state index contributed by atoms with van der Waals surface area (Å²) >= 11 is 5.69. The number of halogens is 1. The number of anilines is 1. The Kier molecular flexibility index (Phi) is 3.28. The van der Waals surface area contributed by atoms with E-state index in [4.69, 9.17) is 22.9 Å². The number of hydrogen-bond donors (Lipinski definition) is 3. The summed E-state index contributed by atoms with van der Waals surface area (Å²) in [4.78, 5) is 0. The van der Waals surface area contributed by atoms with Crippen LogP contribution in [0.3, 0.4) is 0 Å². The van der Waals surface area contributed by atoms with Gasteiger partial charge in [0.1, 0.15) is 0 Å². The molecule has 0 heterocycles. The monoisotopic (exact) mass is 196 g/mol. The predicted molar refractivity (Wildman–Crippen MR) is 52.5 cm³/mol. The van der Waals surface area contributed by atoms with Crippen LogP contribution in [0.15, 0.2) is 41.4 Å². The SMILES string of the molecule is N=N/C(N)=C\Nc1ccc(Cl)cc1. The van der Waals surface area contributed by atoms with Gasteiger partial charge in [0, 0.05) is 16.9 Å². The largest absolute Gasteiger partial charge is 0.381 e. The highest BCUT2D eigenvalue weighted by Crippen LogP contribution is 2.13. The molecule has 0 aliphatic carbocycles. The minimum absolute atomic E-state index is 0.120. The van der Waals surface area contributed by atoms with Crippen LogP contribution >= 0.6 is 11.6 Å². The van der Waals surface area contributed by atoms with Crippen molar-refractivity contribution < 1.29 is 0 Å². The van der Waals surface area contributed by atoms with E-state index in [1.54, 1.807) is 24.3 Å². The van der Waals surface area contributed by atoms with Crippen molar-refractivity contribution in [2.24, 2.45) is 10.8 Å². The molecule has 0 amide bonds. The number of nitrogens with one attached hydrogen (secondary N) is 2. The van der Waals surface area contributed by atoms with Crippen LogP contribution in [-0.4, -0.2) is 0 Å². The zero-order chi connectivity index (χ0) is 9.68. The fraction of sp³-hybridized carbons (Fsp3) is 0. The first-order valence-electron chi connectivity index (χ1n) is 3.57. The molecule has 0 spiro atoms. The van der Waals surface area contributed by atoms with E-state index in [-0.39, 0.29) is 5.82 Å². The van der Waals surface area contributed by atoms with Gasteiger partial charge < -0.3 is 11.1 Å². The first-order valence-corrected chi connectivity index (χ1v) is 3.95. The second-order valence-electron chi connectivity index (χ2n) is 2.33. The Labute approximate surface area is 80.9 Å². The van der Waals surface area contributed by atoms with Crippen LogP contribution in [0.25, 0.3) is 0 Å². The van der Waals surface area contributed by atoms with Gasteiger partial charge in [-0.3, -0.25) is 0 Å². The maximum atomic E-state index is 6.58. The molecule has 1 aromatic rings. The summed E-state index contributed by atoms with van der Waals surface area (Å²) in [5.41, 5.74) is 12.7. The van der Waals surface area contributed by atoms with Gasteiger partial charge in [0.05, 0.1) is 0 Å². The van der Waals surface area contributed by atoms with Gasteiger partial charge in [0.15, 0.2) is 5.82 Å². The highest BCUT2D eigenvalue weighted by Gasteiger charge is 1.89. The second-order valence-corrected chi connectivity index (χ2v) is 2.77. The van der Waals surface area contributed by atoms with Gasteiger partial charge in [-0.2, -0.15) is 0 Å². The third kappa shape index (κ3) is 3.13. The Balaban J connectivity index is 2.65. The summed E-state index contributed by atoms with van der Waals surface area (Å²) in [6, 6.07) is 7.11. The lowest BCUT2D eigenvalue weighted by atomic mass is 10.3. The molecule has 5 heteroatoms. The maximum Gasteiger partial charge on any atom is 0.161 e. The van der Waals surface area contributed by atoms with Crippen LogP contribution in [0.1, 0.15) is 0 Å². The molecule has 1 rings (SSSR count). The standard InChI is InChI=1S/C8H9ClN4/c9-6-1-3-7(4-2-6)12-5-8(10)13-11/h1-5,11-12H,10H2/b8-5-,13-11?. The van der Waals surface area contributed by atoms with Gasteiger partial charge in [-0.1, -0.05) is 11.6 Å². The average Bonchev–Trinajstić information content (AvgIpc) is 2.16. The van der Waals surface area contributed by atoms with Crippen molar-refractivity contribution in [2.45, 2.75) is 0 Å². The molecule has 0 atom stereocenters. The van der Waals surface area contributed by atoms with Crippen LogP contribution in [0, 0.1) is 5.53 Å². The summed E-state index contributed by atoms with van der Waals surface area (Å²) in [5, 5.41) is 6.56. The summed E-state index contributed by atoms with van der Waals surface area (Å²) in [7, 11) is 0.